The Morgan fingerprint density at radius 2 is 1.64 bits per heavy atom. The van der Waals surface area contributed by atoms with Crippen LogP contribution < -0.4 is 4.90 Å². The number of pyridine rings is 1. The van der Waals surface area contributed by atoms with Crippen LogP contribution in [0.1, 0.15) is 62.7 Å². The smallest absolute Gasteiger partial charge is 0.255 e. The lowest BCUT2D eigenvalue weighted by Gasteiger charge is -2.41. The van der Waals surface area contributed by atoms with Crippen molar-refractivity contribution in [3.05, 3.63) is 23.9 Å². The summed E-state index contributed by atoms with van der Waals surface area (Å²) in [6.07, 6.45) is 9.23. The van der Waals surface area contributed by atoms with Gasteiger partial charge in [0.15, 0.2) is 0 Å². The summed E-state index contributed by atoms with van der Waals surface area (Å²) < 4.78 is 0. The molecule has 0 aliphatic carbocycles. The molecule has 1 aromatic rings. The molecule has 0 N–H and O–H groups in total. The molecule has 28 heavy (non-hydrogen) atoms. The third-order valence-electron chi connectivity index (χ3n) is 6.93. The van der Waals surface area contributed by atoms with Crippen LogP contribution in [-0.4, -0.2) is 66.0 Å². The van der Waals surface area contributed by atoms with Crippen molar-refractivity contribution in [2.75, 3.05) is 44.2 Å². The molecule has 4 rings (SSSR count). The van der Waals surface area contributed by atoms with Crippen molar-refractivity contribution in [2.24, 2.45) is 11.8 Å². The van der Waals surface area contributed by atoms with E-state index in [1.807, 2.05) is 17.0 Å². The van der Waals surface area contributed by atoms with Gasteiger partial charge in [0.1, 0.15) is 5.82 Å². The predicted molar refractivity (Wildman–Crippen MR) is 114 cm³/mol. The molecule has 0 aromatic carbocycles. The number of hydrogen-bond donors (Lipinski definition) is 0. The molecule has 0 radical (unpaired) electrons. The van der Waals surface area contributed by atoms with Gasteiger partial charge in [0.25, 0.3) is 5.91 Å². The normalized spacial score (nSPS) is 27.8. The van der Waals surface area contributed by atoms with Gasteiger partial charge in [-0.3, -0.25) is 9.69 Å². The molecule has 0 saturated carbocycles. The lowest BCUT2D eigenvalue weighted by molar-refractivity contribution is 0.0541. The fourth-order valence-electron chi connectivity index (χ4n) is 5.27. The third-order valence-corrected chi connectivity index (χ3v) is 6.93. The number of anilines is 1. The van der Waals surface area contributed by atoms with Gasteiger partial charge in [0.2, 0.25) is 0 Å². The second kappa shape index (κ2) is 8.81. The molecule has 5 heteroatoms. The monoisotopic (exact) mass is 384 g/mol. The Hall–Kier alpha value is -1.62. The van der Waals surface area contributed by atoms with E-state index in [0.717, 1.165) is 62.2 Å². The van der Waals surface area contributed by atoms with E-state index in [1.54, 1.807) is 6.20 Å². The molecule has 2 atom stereocenters. The van der Waals surface area contributed by atoms with Crippen LogP contribution in [0.3, 0.4) is 0 Å². The van der Waals surface area contributed by atoms with Gasteiger partial charge in [-0.1, -0.05) is 13.8 Å². The maximum absolute atomic E-state index is 12.9. The maximum atomic E-state index is 12.9. The highest BCUT2D eigenvalue weighted by Crippen LogP contribution is 2.25. The Morgan fingerprint density at radius 3 is 2.29 bits per heavy atom. The van der Waals surface area contributed by atoms with E-state index in [0.29, 0.717) is 6.04 Å². The first kappa shape index (κ1) is 19.7. The van der Waals surface area contributed by atoms with Crippen LogP contribution in [0, 0.1) is 11.8 Å². The quantitative estimate of drug-likeness (QED) is 0.797. The Kier molecular flexibility index (Phi) is 6.19. The number of rotatable bonds is 3. The molecule has 1 amide bonds. The average molecular weight is 385 g/mol. The number of likely N-dealkylation sites (tertiary alicyclic amines) is 2. The number of amides is 1. The summed E-state index contributed by atoms with van der Waals surface area (Å²) in [7, 11) is 0. The van der Waals surface area contributed by atoms with E-state index in [-0.39, 0.29) is 5.91 Å². The van der Waals surface area contributed by atoms with E-state index < -0.39 is 0 Å². The van der Waals surface area contributed by atoms with Crippen LogP contribution in [0.4, 0.5) is 5.82 Å². The van der Waals surface area contributed by atoms with Crippen LogP contribution in [0.2, 0.25) is 0 Å². The number of aromatic nitrogens is 1. The summed E-state index contributed by atoms with van der Waals surface area (Å²) in [5.74, 6) is 2.71. The molecule has 3 aliphatic heterocycles. The molecule has 5 nitrogen and oxygen atoms in total. The number of piperidine rings is 3. The molecule has 3 saturated heterocycles. The molecular weight excluding hydrogens is 348 g/mol. The van der Waals surface area contributed by atoms with Crippen molar-refractivity contribution in [1.29, 1.82) is 0 Å². The number of hydrogen-bond acceptors (Lipinski definition) is 4. The lowest BCUT2D eigenvalue weighted by atomic mass is 9.95. The largest absolute Gasteiger partial charge is 0.356 e. The topological polar surface area (TPSA) is 39.7 Å². The minimum absolute atomic E-state index is 0.150. The average Bonchev–Trinajstić information content (AvgIpc) is 2.73. The van der Waals surface area contributed by atoms with Gasteiger partial charge >= 0.3 is 0 Å². The number of nitrogens with zero attached hydrogens (tertiary/aromatic N) is 4. The molecular formula is C23H36N4O. The third kappa shape index (κ3) is 4.51. The zero-order chi connectivity index (χ0) is 19.5. The Labute approximate surface area is 170 Å². The van der Waals surface area contributed by atoms with Gasteiger partial charge in [-0.15, -0.1) is 0 Å². The van der Waals surface area contributed by atoms with Gasteiger partial charge in [0, 0.05) is 45.0 Å². The van der Waals surface area contributed by atoms with Crippen molar-refractivity contribution in [2.45, 2.75) is 58.4 Å². The van der Waals surface area contributed by atoms with Crippen LogP contribution in [0.15, 0.2) is 18.3 Å². The number of carbonyl (C=O) groups excluding carboxylic acids is 1. The Balaban J connectivity index is 1.31. The maximum Gasteiger partial charge on any atom is 0.255 e. The van der Waals surface area contributed by atoms with E-state index in [4.69, 9.17) is 0 Å². The van der Waals surface area contributed by atoms with Gasteiger partial charge in [-0.2, -0.15) is 0 Å². The van der Waals surface area contributed by atoms with Crippen molar-refractivity contribution < 1.29 is 4.79 Å². The lowest BCUT2D eigenvalue weighted by Crippen LogP contribution is -2.49. The molecule has 0 spiro atoms. The van der Waals surface area contributed by atoms with Crippen molar-refractivity contribution >= 4 is 11.7 Å². The molecule has 4 heterocycles. The van der Waals surface area contributed by atoms with Crippen molar-refractivity contribution in [3.63, 3.8) is 0 Å². The van der Waals surface area contributed by atoms with Crippen molar-refractivity contribution in [3.8, 4) is 0 Å². The summed E-state index contributed by atoms with van der Waals surface area (Å²) >= 11 is 0. The van der Waals surface area contributed by atoms with Gasteiger partial charge in [0.05, 0.1) is 5.56 Å². The molecule has 3 fully saturated rings. The molecule has 3 aliphatic rings. The number of carbonyl (C=O) groups is 1. The first-order valence-electron chi connectivity index (χ1n) is 11.3. The van der Waals surface area contributed by atoms with Crippen LogP contribution in [-0.2, 0) is 0 Å². The van der Waals surface area contributed by atoms with Crippen LogP contribution in [0.25, 0.3) is 0 Å². The van der Waals surface area contributed by atoms with Gasteiger partial charge in [-0.25, -0.2) is 4.98 Å². The Bertz CT molecular complexity index is 653. The Morgan fingerprint density at radius 1 is 0.929 bits per heavy atom. The minimum Gasteiger partial charge on any atom is -0.356 e. The second-order valence-corrected chi connectivity index (χ2v) is 9.36. The zero-order valence-corrected chi connectivity index (χ0v) is 17.6. The minimum atomic E-state index is 0.150. The first-order chi connectivity index (χ1) is 13.6. The van der Waals surface area contributed by atoms with Gasteiger partial charge in [-0.05, 0) is 69.0 Å². The molecule has 1 aromatic heterocycles. The summed E-state index contributed by atoms with van der Waals surface area (Å²) in [5.41, 5.74) is 0.735. The predicted octanol–water partition coefficient (Wildman–Crippen LogP) is 3.65. The SMILES string of the molecule is CC1CCCN(c2ccc(C(=O)N3CCC(N4CCC[C@@H](C)C4)CC3)cn2)C1. The van der Waals surface area contributed by atoms with E-state index in [2.05, 4.69) is 28.6 Å². The fraction of sp³-hybridized carbons (Fsp3) is 0.739. The highest BCUT2D eigenvalue weighted by molar-refractivity contribution is 5.94. The summed E-state index contributed by atoms with van der Waals surface area (Å²) in [6, 6.07) is 4.67. The van der Waals surface area contributed by atoms with E-state index >= 15 is 0 Å². The standard InChI is InChI=1S/C23H36N4O/c1-18-5-3-11-26(16-18)21-9-13-25(14-10-21)23(28)20-7-8-22(24-15-20)27-12-4-6-19(2)17-27/h7-8,15,18-19,21H,3-6,9-14,16-17H2,1-2H3/t18-,19?/m1/s1. The van der Waals surface area contributed by atoms with E-state index in [9.17, 15) is 4.79 Å². The van der Waals surface area contributed by atoms with Gasteiger partial charge < -0.3 is 9.80 Å². The fourth-order valence-corrected chi connectivity index (χ4v) is 5.27. The molecule has 0 bridgehead atoms. The van der Waals surface area contributed by atoms with Crippen LogP contribution in [0.5, 0.6) is 0 Å². The highest BCUT2D eigenvalue weighted by atomic mass is 16.2. The summed E-state index contributed by atoms with van der Waals surface area (Å²) in [4.78, 5) is 24.6. The summed E-state index contributed by atoms with van der Waals surface area (Å²) in [6.45, 7) is 11.0. The van der Waals surface area contributed by atoms with E-state index in [1.165, 1.54) is 38.8 Å². The highest BCUT2D eigenvalue weighted by Gasteiger charge is 2.29. The zero-order valence-electron chi connectivity index (χ0n) is 17.6. The van der Waals surface area contributed by atoms with Crippen molar-refractivity contribution in [1.82, 2.24) is 14.8 Å². The second-order valence-electron chi connectivity index (χ2n) is 9.36. The van der Waals surface area contributed by atoms with Crippen LogP contribution >= 0.6 is 0 Å². The summed E-state index contributed by atoms with van der Waals surface area (Å²) in [5, 5.41) is 0. The first-order valence-corrected chi connectivity index (χ1v) is 11.3. The molecule has 1 unspecified atom stereocenters. The molecule has 154 valence electrons.